The van der Waals surface area contributed by atoms with Gasteiger partial charge < -0.3 is 14.1 Å². The van der Waals surface area contributed by atoms with Gasteiger partial charge in [-0.15, -0.1) is 0 Å². The lowest BCUT2D eigenvalue weighted by atomic mass is 10.1. The van der Waals surface area contributed by atoms with Crippen molar-refractivity contribution in [2.75, 3.05) is 19.8 Å². The Hall–Kier alpha value is -2.65. The van der Waals surface area contributed by atoms with Crippen LogP contribution in [0.15, 0.2) is 34.9 Å². The first-order valence-corrected chi connectivity index (χ1v) is 7.00. The second-order valence-electron chi connectivity index (χ2n) is 5.05. The Balaban J connectivity index is 1.89. The Morgan fingerprint density at radius 1 is 1.45 bits per heavy atom. The molecule has 1 fully saturated rings. The molecule has 1 amide bonds. The van der Waals surface area contributed by atoms with Crippen molar-refractivity contribution in [1.82, 2.24) is 9.88 Å². The Bertz CT molecular complexity index is 719. The number of morpholine rings is 1. The first-order valence-electron chi connectivity index (χ1n) is 7.00. The van der Waals surface area contributed by atoms with E-state index in [9.17, 15) is 4.79 Å². The van der Waals surface area contributed by atoms with Gasteiger partial charge in [0.1, 0.15) is 23.6 Å². The molecule has 1 saturated heterocycles. The van der Waals surface area contributed by atoms with Gasteiger partial charge in [-0.1, -0.05) is 0 Å². The van der Waals surface area contributed by atoms with E-state index in [1.54, 1.807) is 36.3 Å². The molecule has 1 aliphatic heterocycles. The van der Waals surface area contributed by atoms with Crippen molar-refractivity contribution < 1.29 is 13.9 Å². The van der Waals surface area contributed by atoms with E-state index >= 15 is 0 Å². The molecule has 0 N–H and O–H groups in total. The summed E-state index contributed by atoms with van der Waals surface area (Å²) in [7, 11) is 0. The Labute approximate surface area is 127 Å². The van der Waals surface area contributed by atoms with Gasteiger partial charge in [0.25, 0.3) is 5.91 Å². The van der Waals surface area contributed by atoms with Crippen molar-refractivity contribution >= 4 is 5.91 Å². The molecule has 0 saturated carbocycles. The van der Waals surface area contributed by atoms with Gasteiger partial charge in [0, 0.05) is 6.54 Å². The summed E-state index contributed by atoms with van der Waals surface area (Å²) in [5.74, 6) is 0.510. The van der Waals surface area contributed by atoms with E-state index in [2.05, 4.69) is 4.98 Å². The zero-order chi connectivity index (χ0) is 15.5. The predicted octanol–water partition coefficient (Wildman–Crippen LogP) is 2.07. The maximum atomic E-state index is 12.7. The number of amides is 1. The molecule has 0 spiro atoms. The van der Waals surface area contributed by atoms with Crippen LogP contribution in [0.3, 0.4) is 0 Å². The normalized spacial score (nSPS) is 18.0. The largest absolute Gasteiger partial charge is 0.467 e. The van der Waals surface area contributed by atoms with Gasteiger partial charge in [-0.05, 0) is 31.2 Å². The minimum atomic E-state index is -0.256. The zero-order valence-electron chi connectivity index (χ0n) is 12.2. The number of furan rings is 1. The summed E-state index contributed by atoms with van der Waals surface area (Å²) in [5, 5.41) is 8.95. The van der Waals surface area contributed by atoms with Crippen molar-refractivity contribution in [2.24, 2.45) is 0 Å². The number of carbonyl (C=O) groups excluding carboxylic acids is 1. The van der Waals surface area contributed by atoms with E-state index in [-0.39, 0.29) is 11.9 Å². The molecule has 0 aromatic carbocycles. The highest BCUT2D eigenvalue weighted by Crippen LogP contribution is 2.26. The second kappa shape index (κ2) is 6.00. The third kappa shape index (κ3) is 2.59. The zero-order valence-corrected chi connectivity index (χ0v) is 12.2. The van der Waals surface area contributed by atoms with Crippen LogP contribution in [0.4, 0.5) is 0 Å². The van der Waals surface area contributed by atoms with E-state index in [1.807, 2.05) is 12.1 Å². The molecule has 2 aromatic rings. The standard InChI is InChI=1S/C16H15N3O3/c1-11-12(9-17)4-5-13(18-11)16(20)19-6-8-21-10-14(19)15-3-2-7-22-15/h2-5,7,14H,6,8,10H2,1H3. The summed E-state index contributed by atoms with van der Waals surface area (Å²) in [6.07, 6.45) is 1.58. The molecule has 3 heterocycles. The van der Waals surface area contributed by atoms with E-state index < -0.39 is 0 Å². The van der Waals surface area contributed by atoms with Gasteiger partial charge in [-0.2, -0.15) is 5.26 Å². The monoisotopic (exact) mass is 297 g/mol. The number of nitriles is 1. The van der Waals surface area contributed by atoms with Crippen molar-refractivity contribution in [1.29, 1.82) is 5.26 Å². The van der Waals surface area contributed by atoms with Gasteiger partial charge in [0.2, 0.25) is 0 Å². The van der Waals surface area contributed by atoms with Crippen LogP contribution in [0.2, 0.25) is 0 Å². The molecule has 112 valence electrons. The number of ether oxygens (including phenoxy) is 1. The fourth-order valence-electron chi connectivity index (χ4n) is 2.51. The summed E-state index contributed by atoms with van der Waals surface area (Å²) in [6, 6.07) is 8.62. The molecule has 0 bridgehead atoms. The van der Waals surface area contributed by atoms with Gasteiger partial charge in [-0.25, -0.2) is 4.98 Å². The fraction of sp³-hybridized carbons (Fsp3) is 0.312. The molecule has 2 aromatic heterocycles. The molecule has 6 heteroatoms. The summed E-state index contributed by atoms with van der Waals surface area (Å²) < 4.78 is 10.9. The Morgan fingerprint density at radius 2 is 2.32 bits per heavy atom. The van der Waals surface area contributed by atoms with E-state index in [0.717, 1.165) is 0 Å². The average molecular weight is 297 g/mol. The van der Waals surface area contributed by atoms with Crippen LogP contribution in [-0.4, -0.2) is 35.5 Å². The summed E-state index contributed by atoms with van der Waals surface area (Å²) >= 11 is 0. The molecule has 0 radical (unpaired) electrons. The molecular weight excluding hydrogens is 282 g/mol. The number of aryl methyl sites for hydroxylation is 1. The average Bonchev–Trinajstić information content (AvgIpc) is 3.08. The number of pyridine rings is 1. The first kappa shape index (κ1) is 14.3. The van der Waals surface area contributed by atoms with E-state index in [1.165, 1.54) is 0 Å². The lowest BCUT2D eigenvalue weighted by molar-refractivity contribution is -0.00905. The van der Waals surface area contributed by atoms with Gasteiger partial charge in [0.15, 0.2) is 0 Å². The highest BCUT2D eigenvalue weighted by atomic mass is 16.5. The first-order chi connectivity index (χ1) is 10.7. The van der Waals surface area contributed by atoms with Crippen molar-refractivity contribution in [3.63, 3.8) is 0 Å². The van der Waals surface area contributed by atoms with Crippen LogP contribution < -0.4 is 0 Å². The quantitative estimate of drug-likeness (QED) is 0.847. The van der Waals surface area contributed by atoms with Crippen LogP contribution in [0.25, 0.3) is 0 Å². The summed E-state index contributed by atoms with van der Waals surface area (Å²) in [4.78, 5) is 18.7. The van der Waals surface area contributed by atoms with Crippen LogP contribution in [0, 0.1) is 18.3 Å². The van der Waals surface area contributed by atoms with Gasteiger partial charge in [0.05, 0.1) is 30.7 Å². The highest BCUT2D eigenvalue weighted by Gasteiger charge is 2.31. The number of carbonyl (C=O) groups is 1. The SMILES string of the molecule is Cc1nc(C(=O)N2CCOCC2c2ccco2)ccc1C#N. The highest BCUT2D eigenvalue weighted by molar-refractivity contribution is 5.92. The van der Waals surface area contributed by atoms with Crippen LogP contribution >= 0.6 is 0 Å². The molecule has 1 atom stereocenters. The molecule has 3 rings (SSSR count). The molecule has 22 heavy (non-hydrogen) atoms. The Kier molecular flexibility index (Phi) is 3.90. The van der Waals surface area contributed by atoms with Crippen molar-refractivity contribution in [3.8, 4) is 6.07 Å². The lowest BCUT2D eigenvalue weighted by Gasteiger charge is -2.34. The third-order valence-corrected chi connectivity index (χ3v) is 3.69. The number of aromatic nitrogens is 1. The van der Waals surface area contributed by atoms with Crippen molar-refractivity contribution in [2.45, 2.75) is 13.0 Å². The van der Waals surface area contributed by atoms with Gasteiger partial charge in [-0.3, -0.25) is 4.79 Å². The van der Waals surface area contributed by atoms with E-state index in [4.69, 9.17) is 14.4 Å². The predicted molar refractivity (Wildman–Crippen MR) is 77.0 cm³/mol. The second-order valence-corrected chi connectivity index (χ2v) is 5.05. The molecule has 6 nitrogen and oxygen atoms in total. The minimum Gasteiger partial charge on any atom is -0.467 e. The number of nitrogens with zero attached hydrogens (tertiary/aromatic N) is 3. The Morgan fingerprint density at radius 3 is 3.00 bits per heavy atom. The maximum absolute atomic E-state index is 12.7. The molecule has 0 aliphatic carbocycles. The maximum Gasteiger partial charge on any atom is 0.273 e. The van der Waals surface area contributed by atoms with Crippen LogP contribution in [0.1, 0.15) is 33.5 Å². The van der Waals surface area contributed by atoms with Crippen LogP contribution in [-0.2, 0) is 4.74 Å². The smallest absolute Gasteiger partial charge is 0.273 e. The summed E-state index contributed by atoms with van der Waals surface area (Å²) in [6.45, 7) is 3.08. The van der Waals surface area contributed by atoms with Gasteiger partial charge >= 0.3 is 0 Å². The number of hydrogen-bond donors (Lipinski definition) is 0. The molecule has 1 aliphatic rings. The third-order valence-electron chi connectivity index (χ3n) is 3.69. The minimum absolute atomic E-state index is 0.183. The topological polar surface area (TPSA) is 79.4 Å². The van der Waals surface area contributed by atoms with E-state index in [0.29, 0.717) is 42.5 Å². The molecular formula is C16H15N3O3. The molecule has 1 unspecified atom stereocenters. The van der Waals surface area contributed by atoms with Crippen LogP contribution in [0.5, 0.6) is 0 Å². The fourth-order valence-corrected chi connectivity index (χ4v) is 2.51. The number of hydrogen-bond acceptors (Lipinski definition) is 5. The number of rotatable bonds is 2. The van der Waals surface area contributed by atoms with Crippen molar-refractivity contribution in [3.05, 3.63) is 53.2 Å². The summed E-state index contributed by atoms with van der Waals surface area (Å²) in [5.41, 5.74) is 1.35. The lowest BCUT2D eigenvalue weighted by Crippen LogP contribution is -2.43.